The molecule has 0 saturated carbocycles. The number of sulfonamides is 1. The Morgan fingerprint density at radius 2 is 1.37 bits per heavy atom. The molecule has 7 nitrogen and oxygen atoms in total. The van der Waals surface area contributed by atoms with E-state index in [9.17, 15) is 26.4 Å². The first-order valence-electron chi connectivity index (χ1n) is 8.84. The number of piperazine rings is 1. The molecule has 1 saturated heterocycles. The lowest BCUT2D eigenvalue weighted by atomic mass is 10.1. The first-order chi connectivity index (χ1) is 14.2. The molecule has 0 aliphatic carbocycles. The lowest BCUT2D eigenvalue weighted by molar-refractivity contribution is 0.0697. The Morgan fingerprint density at radius 3 is 1.90 bits per heavy atom. The number of ether oxygens (including phenoxy) is 2. The molecule has 1 amide bonds. The van der Waals surface area contributed by atoms with Crippen LogP contribution in [0.5, 0.6) is 11.5 Å². The van der Waals surface area contributed by atoms with Crippen molar-refractivity contribution in [1.29, 1.82) is 0 Å². The highest BCUT2D eigenvalue weighted by Crippen LogP contribution is 2.26. The van der Waals surface area contributed by atoms with Crippen LogP contribution in [-0.4, -0.2) is 63.9 Å². The molecule has 2 aromatic rings. The normalized spacial score (nSPS) is 15.2. The summed E-state index contributed by atoms with van der Waals surface area (Å²) in [5.41, 5.74) is 0.300. The number of hydrogen-bond donors (Lipinski definition) is 0. The summed E-state index contributed by atoms with van der Waals surface area (Å²) in [6.45, 7) is -0.201. The lowest BCUT2D eigenvalue weighted by Gasteiger charge is -2.34. The summed E-state index contributed by atoms with van der Waals surface area (Å²) in [4.78, 5) is 13.3. The zero-order valence-corrected chi connectivity index (χ0v) is 17.0. The van der Waals surface area contributed by atoms with Gasteiger partial charge in [-0.3, -0.25) is 4.79 Å². The fourth-order valence-corrected chi connectivity index (χ4v) is 4.57. The van der Waals surface area contributed by atoms with Crippen molar-refractivity contribution in [2.45, 2.75) is 4.90 Å². The second-order valence-corrected chi connectivity index (χ2v) is 8.40. The van der Waals surface area contributed by atoms with E-state index in [2.05, 4.69) is 0 Å². The highest BCUT2D eigenvalue weighted by molar-refractivity contribution is 7.89. The molecular formula is C19H19F3N2O5S. The van der Waals surface area contributed by atoms with Gasteiger partial charge in [-0.15, -0.1) is 0 Å². The van der Waals surface area contributed by atoms with Gasteiger partial charge in [-0.25, -0.2) is 21.6 Å². The number of nitrogens with zero attached hydrogens (tertiary/aromatic N) is 2. The SMILES string of the molecule is COc1cc(OC)cc(C(=O)N2CCN(S(=O)(=O)c3cc(F)c(F)cc3F)CC2)c1. The summed E-state index contributed by atoms with van der Waals surface area (Å²) in [5, 5.41) is 0. The summed E-state index contributed by atoms with van der Waals surface area (Å²) < 4.78 is 77.0. The van der Waals surface area contributed by atoms with Crippen LogP contribution in [0.15, 0.2) is 35.2 Å². The van der Waals surface area contributed by atoms with Gasteiger partial charge in [0.1, 0.15) is 22.2 Å². The van der Waals surface area contributed by atoms with Crippen LogP contribution in [0, 0.1) is 17.5 Å². The van der Waals surface area contributed by atoms with E-state index in [1.165, 1.54) is 31.3 Å². The minimum atomic E-state index is -4.39. The van der Waals surface area contributed by atoms with E-state index in [1.54, 1.807) is 6.07 Å². The van der Waals surface area contributed by atoms with Crippen molar-refractivity contribution in [3.8, 4) is 11.5 Å². The van der Waals surface area contributed by atoms with Crippen LogP contribution in [0.2, 0.25) is 0 Å². The van der Waals surface area contributed by atoms with Crippen LogP contribution in [0.1, 0.15) is 10.4 Å². The Kier molecular flexibility index (Phi) is 6.22. The largest absolute Gasteiger partial charge is 0.497 e. The summed E-state index contributed by atoms with van der Waals surface area (Å²) in [6.07, 6.45) is 0. The number of carbonyl (C=O) groups excluding carboxylic acids is 1. The minimum Gasteiger partial charge on any atom is -0.497 e. The minimum absolute atomic E-state index is 0.0306. The molecular weight excluding hydrogens is 425 g/mol. The second-order valence-electron chi connectivity index (χ2n) is 6.49. The van der Waals surface area contributed by atoms with Gasteiger partial charge in [0.25, 0.3) is 5.91 Å². The number of benzene rings is 2. The number of methoxy groups -OCH3 is 2. The van der Waals surface area contributed by atoms with Crippen molar-refractivity contribution in [3.05, 3.63) is 53.3 Å². The highest BCUT2D eigenvalue weighted by atomic mass is 32.2. The molecule has 1 aliphatic rings. The Balaban J connectivity index is 1.76. The van der Waals surface area contributed by atoms with Gasteiger partial charge in [0.15, 0.2) is 11.6 Å². The number of rotatable bonds is 5. The smallest absolute Gasteiger partial charge is 0.254 e. The third-order valence-electron chi connectivity index (χ3n) is 4.72. The molecule has 0 N–H and O–H groups in total. The number of halogens is 3. The van der Waals surface area contributed by atoms with E-state index in [-0.39, 0.29) is 38.2 Å². The summed E-state index contributed by atoms with van der Waals surface area (Å²) in [5.74, 6) is -3.83. The average Bonchev–Trinajstić information content (AvgIpc) is 2.75. The van der Waals surface area contributed by atoms with Gasteiger partial charge < -0.3 is 14.4 Å². The molecule has 0 atom stereocenters. The summed E-state index contributed by atoms with van der Waals surface area (Å²) in [6, 6.07) is 5.19. The quantitative estimate of drug-likeness (QED) is 0.662. The van der Waals surface area contributed by atoms with Crippen LogP contribution >= 0.6 is 0 Å². The maximum absolute atomic E-state index is 13.9. The van der Waals surface area contributed by atoms with E-state index in [0.29, 0.717) is 23.1 Å². The third kappa shape index (κ3) is 4.21. The molecule has 1 aliphatic heterocycles. The van der Waals surface area contributed by atoms with Gasteiger partial charge in [0, 0.05) is 43.9 Å². The molecule has 0 unspecified atom stereocenters. The van der Waals surface area contributed by atoms with Crippen molar-refractivity contribution in [2.75, 3.05) is 40.4 Å². The monoisotopic (exact) mass is 444 g/mol. The fourth-order valence-electron chi connectivity index (χ4n) is 3.09. The average molecular weight is 444 g/mol. The Labute approximate surface area is 171 Å². The Hall–Kier alpha value is -2.79. The van der Waals surface area contributed by atoms with Crippen LogP contribution in [-0.2, 0) is 10.0 Å². The van der Waals surface area contributed by atoms with E-state index >= 15 is 0 Å². The molecule has 0 bridgehead atoms. The molecule has 11 heteroatoms. The van der Waals surface area contributed by atoms with Crippen molar-refractivity contribution in [2.24, 2.45) is 0 Å². The molecule has 0 radical (unpaired) electrons. The molecule has 0 aromatic heterocycles. The zero-order valence-electron chi connectivity index (χ0n) is 16.2. The van der Waals surface area contributed by atoms with E-state index < -0.39 is 32.4 Å². The first kappa shape index (κ1) is 21.9. The molecule has 2 aromatic carbocycles. The van der Waals surface area contributed by atoms with Crippen molar-refractivity contribution >= 4 is 15.9 Å². The van der Waals surface area contributed by atoms with Crippen LogP contribution in [0.3, 0.4) is 0 Å². The van der Waals surface area contributed by atoms with Crippen LogP contribution < -0.4 is 9.47 Å². The Bertz CT molecular complexity index is 1050. The van der Waals surface area contributed by atoms with Gasteiger partial charge in [0.05, 0.1) is 14.2 Å². The molecule has 0 spiro atoms. The maximum Gasteiger partial charge on any atom is 0.254 e. The van der Waals surface area contributed by atoms with E-state index in [4.69, 9.17) is 9.47 Å². The standard InChI is InChI=1S/C19H19F3N2O5S/c1-28-13-7-12(8-14(9-13)29-2)19(25)23-3-5-24(6-4-23)30(26,27)18-11-16(21)15(20)10-17(18)22/h7-11H,3-6H2,1-2H3. The van der Waals surface area contributed by atoms with Gasteiger partial charge in [-0.1, -0.05) is 0 Å². The highest BCUT2D eigenvalue weighted by Gasteiger charge is 2.33. The van der Waals surface area contributed by atoms with Crippen LogP contribution in [0.25, 0.3) is 0 Å². The van der Waals surface area contributed by atoms with E-state index in [1.807, 2.05) is 0 Å². The number of amides is 1. The maximum atomic E-state index is 13.9. The lowest BCUT2D eigenvalue weighted by Crippen LogP contribution is -2.50. The molecule has 162 valence electrons. The molecule has 3 rings (SSSR count). The molecule has 1 heterocycles. The topological polar surface area (TPSA) is 76.2 Å². The predicted molar refractivity (Wildman–Crippen MR) is 101 cm³/mol. The first-order valence-corrected chi connectivity index (χ1v) is 10.3. The number of hydrogen-bond acceptors (Lipinski definition) is 5. The van der Waals surface area contributed by atoms with E-state index in [0.717, 1.165) is 4.31 Å². The van der Waals surface area contributed by atoms with Gasteiger partial charge in [-0.2, -0.15) is 4.31 Å². The summed E-state index contributed by atoms with van der Waals surface area (Å²) >= 11 is 0. The molecule has 30 heavy (non-hydrogen) atoms. The summed E-state index contributed by atoms with van der Waals surface area (Å²) in [7, 11) is -1.50. The zero-order chi connectivity index (χ0) is 22.1. The Morgan fingerprint density at radius 1 is 0.833 bits per heavy atom. The predicted octanol–water partition coefficient (Wildman–Crippen LogP) is 2.27. The van der Waals surface area contributed by atoms with Crippen molar-refractivity contribution in [1.82, 2.24) is 9.21 Å². The van der Waals surface area contributed by atoms with Crippen LogP contribution in [0.4, 0.5) is 13.2 Å². The molecule has 1 fully saturated rings. The second kappa shape index (κ2) is 8.52. The van der Waals surface area contributed by atoms with Crippen molar-refractivity contribution in [3.63, 3.8) is 0 Å². The van der Waals surface area contributed by atoms with Gasteiger partial charge in [0.2, 0.25) is 10.0 Å². The van der Waals surface area contributed by atoms with Crippen molar-refractivity contribution < 1.29 is 35.9 Å². The fraction of sp³-hybridized carbons (Fsp3) is 0.316. The van der Waals surface area contributed by atoms with Gasteiger partial charge in [-0.05, 0) is 18.2 Å². The van der Waals surface area contributed by atoms with Gasteiger partial charge >= 0.3 is 0 Å². The number of carbonyl (C=O) groups is 1. The third-order valence-corrected chi connectivity index (χ3v) is 6.63.